The molecule has 2 rings (SSSR count). The number of amides is 1. The summed E-state index contributed by atoms with van der Waals surface area (Å²) in [5, 5.41) is 6.42. The minimum atomic E-state index is -0.366. The quantitative estimate of drug-likeness (QED) is 0.906. The van der Waals surface area contributed by atoms with Crippen LogP contribution in [0, 0.1) is 6.92 Å². The van der Waals surface area contributed by atoms with Crippen LogP contribution in [0.1, 0.15) is 12.5 Å². The number of nitrogens with zero attached hydrogens (tertiary/aromatic N) is 1. The first kappa shape index (κ1) is 14.3. The lowest BCUT2D eigenvalue weighted by Gasteiger charge is -2.15. The SMILES string of the molecule is Cc1cccc(N[C@H](C)C(=O)Nc2ccc(Cl)cn2)c1. The van der Waals surface area contributed by atoms with Crippen molar-refractivity contribution in [2.75, 3.05) is 10.6 Å². The summed E-state index contributed by atoms with van der Waals surface area (Å²) in [4.78, 5) is 16.1. The molecular formula is C15H16ClN3O. The third-order valence-corrected chi connectivity index (χ3v) is 3.00. The molecule has 4 nitrogen and oxygen atoms in total. The second-order valence-electron chi connectivity index (χ2n) is 4.59. The fourth-order valence-electron chi connectivity index (χ4n) is 1.73. The zero-order valence-electron chi connectivity index (χ0n) is 11.4. The molecule has 0 radical (unpaired) electrons. The molecule has 0 saturated carbocycles. The van der Waals surface area contributed by atoms with E-state index >= 15 is 0 Å². The van der Waals surface area contributed by atoms with Crippen LogP contribution in [0.3, 0.4) is 0 Å². The van der Waals surface area contributed by atoms with Crippen LogP contribution in [-0.4, -0.2) is 16.9 Å². The molecule has 1 heterocycles. The molecule has 5 heteroatoms. The first-order valence-electron chi connectivity index (χ1n) is 6.30. The van der Waals surface area contributed by atoms with Crippen molar-refractivity contribution in [2.24, 2.45) is 0 Å². The Labute approximate surface area is 123 Å². The number of carbonyl (C=O) groups excluding carboxylic acids is 1. The molecule has 0 aliphatic carbocycles. The van der Waals surface area contributed by atoms with Crippen LogP contribution >= 0.6 is 11.6 Å². The van der Waals surface area contributed by atoms with Gasteiger partial charge in [0.25, 0.3) is 0 Å². The summed E-state index contributed by atoms with van der Waals surface area (Å²) in [6, 6.07) is 10.9. The highest BCUT2D eigenvalue weighted by Crippen LogP contribution is 2.13. The summed E-state index contributed by atoms with van der Waals surface area (Å²) in [5.74, 6) is 0.332. The summed E-state index contributed by atoms with van der Waals surface area (Å²) >= 11 is 5.75. The number of hydrogen-bond acceptors (Lipinski definition) is 3. The molecule has 20 heavy (non-hydrogen) atoms. The lowest BCUT2D eigenvalue weighted by molar-refractivity contribution is -0.116. The summed E-state index contributed by atoms with van der Waals surface area (Å²) < 4.78 is 0. The average Bonchev–Trinajstić information content (AvgIpc) is 2.41. The molecular weight excluding hydrogens is 274 g/mol. The first-order chi connectivity index (χ1) is 9.54. The van der Waals surface area contributed by atoms with Crippen molar-refractivity contribution in [1.82, 2.24) is 4.98 Å². The number of hydrogen-bond donors (Lipinski definition) is 2. The zero-order valence-corrected chi connectivity index (χ0v) is 12.1. The maximum Gasteiger partial charge on any atom is 0.247 e. The topological polar surface area (TPSA) is 54.0 Å². The Morgan fingerprint density at radius 1 is 1.30 bits per heavy atom. The van der Waals surface area contributed by atoms with Gasteiger partial charge in [-0.15, -0.1) is 0 Å². The number of halogens is 1. The van der Waals surface area contributed by atoms with Crippen molar-refractivity contribution < 1.29 is 4.79 Å². The van der Waals surface area contributed by atoms with Gasteiger partial charge in [0.05, 0.1) is 5.02 Å². The van der Waals surface area contributed by atoms with Gasteiger partial charge >= 0.3 is 0 Å². The van der Waals surface area contributed by atoms with E-state index in [9.17, 15) is 4.79 Å². The van der Waals surface area contributed by atoms with Crippen molar-refractivity contribution >= 4 is 29.0 Å². The van der Waals surface area contributed by atoms with Crippen LogP contribution in [-0.2, 0) is 4.79 Å². The Morgan fingerprint density at radius 2 is 2.10 bits per heavy atom. The van der Waals surface area contributed by atoms with Crippen LogP contribution < -0.4 is 10.6 Å². The maximum atomic E-state index is 12.0. The van der Waals surface area contributed by atoms with Crippen LogP contribution in [0.25, 0.3) is 0 Å². The van der Waals surface area contributed by atoms with E-state index in [1.807, 2.05) is 31.2 Å². The molecule has 0 spiro atoms. The molecule has 2 N–H and O–H groups in total. The van der Waals surface area contributed by atoms with Crippen molar-refractivity contribution in [1.29, 1.82) is 0 Å². The van der Waals surface area contributed by atoms with Crippen molar-refractivity contribution in [3.05, 3.63) is 53.2 Å². The fourth-order valence-corrected chi connectivity index (χ4v) is 1.85. The van der Waals surface area contributed by atoms with E-state index in [2.05, 4.69) is 15.6 Å². The smallest absolute Gasteiger partial charge is 0.247 e. The van der Waals surface area contributed by atoms with E-state index in [4.69, 9.17) is 11.6 Å². The van der Waals surface area contributed by atoms with Crippen molar-refractivity contribution in [3.63, 3.8) is 0 Å². The highest BCUT2D eigenvalue weighted by molar-refractivity contribution is 6.30. The van der Waals surface area contributed by atoms with E-state index in [-0.39, 0.29) is 11.9 Å². The zero-order chi connectivity index (χ0) is 14.5. The largest absolute Gasteiger partial charge is 0.374 e. The van der Waals surface area contributed by atoms with Gasteiger partial charge < -0.3 is 10.6 Å². The van der Waals surface area contributed by atoms with E-state index < -0.39 is 0 Å². The Bertz CT molecular complexity index is 598. The van der Waals surface area contributed by atoms with Crippen LogP contribution in [0.4, 0.5) is 11.5 Å². The van der Waals surface area contributed by atoms with Gasteiger partial charge in [-0.05, 0) is 43.7 Å². The molecule has 0 unspecified atom stereocenters. The molecule has 0 fully saturated rings. The Balaban J connectivity index is 1.96. The standard InChI is InChI=1S/C15H16ClN3O/c1-10-4-3-5-13(8-10)18-11(2)15(20)19-14-7-6-12(16)9-17-14/h3-9,11,18H,1-2H3,(H,17,19,20)/t11-/m1/s1. The first-order valence-corrected chi connectivity index (χ1v) is 6.68. The van der Waals surface area contributed by atoms with Gasteiger partial charge in [-0.1, -0.05) is 23.7 Å². The summed E-state index contributed by atoms with van der Waals surface area (Å²) in [7, 11) is 0. The highest BCUT2D eigenvalue weighted by atomic mass is 35.5. The van der Waals surface area contributed by atoms with Gasteiger partial charge in [0.15, 0.2) is 0 Å². The Morgan fingerprint density at radius 3 is 2.75 bits per heavy atom. The number of aryl methyl sites for hydroxylation is 1. The van der Waals surface area contributed by atoms with Gasteiger partial charge in [0, 0.05) is 11.9 Å². The van der Waals surface area contributed by atoms with E-state index in [0.717, 1.165) is 11.3 Å². The van der Waals surface area contributed by atoms with E-state index in [1.54, 1.807) is 19.1 Å². The van der Waals surface area contributed by atoms with Gasteiger partial charge in [0.2, 0.25) is 5.91 Å². The predicted octanol–water partition coefficient (Wildman–Crippen LogP) is 3.48. The third-order valence-electron chi connectivity index (χ3n) is 2.77. The second-order valence-corrected chi connectivity index (χ2v) is 5.02. The summed E-state index contributed by atoms with van der Waals surface area (Å²) in [6.07, 6.45) is 1.50. The lowest BCUT2D eigenvalue weighted by atomic mass is 10.2. The number of carbonyl (C=O) groups is 1. The van der Waals surface area contributed by atoms with Gasteiger partial charge in [0.1, 0.15) is 11.9 Å². The van der Waals surface area contributed by atoms with E-state index in [0.29, 0.717) is 10.8 Å². The predicted molar refractivity (Wildman–Crippen MR) is 82.1 cm³/mol. The molecule has 0 aliphatic heterocycles. The molecule has 0 saturated heterocycles. The molecule has 1 aromatic heterocycles. The second kappa shape index (κ2) is 6.39. The number of rotatable bonds is 4. The third kappa shape index (κ3) is 3.96. The van der Waals surface area contributed by atoms with Crippen molar-refractivity contribution in [3.8, 4) is 0 Å². The molecule has 104 valence electrons. The molecule has 1 aromatic carbocycles. The number of nitrogens with one attached hydrogen (secondary N) is 2. The molecule has 1 amide bonds. The average molecular weight is 290 g/mol. The number of anilines is 2. The minimum absolute atomic E-state index is 0.152. The number of pyridine rings is 1. The normalized spacial score (nSPS) is 11.8. The molecule has 2 aromatic rings. The van der Waals surface area contributed by atoms with Crippen LogP contribution in [0.15, 0.2) is 42.6 Å². The van der Waals surface area contributed by atoms with Gasteiger partial charge in [-0.2, -0.15) is 0 Å². The minimum Gasteiger partial charge on any atom is -0.374 e. The maximum absolute atomic E-state index is 12.0. The van der Waals surface area contributed by atoms with E-state index in [1.165, 1.54) is 6.20 Å². The van der Waals surface area contributed by atoms with Gasteiger partial charge in [-0.3, -0.25) is 4.79 Å². The lowest BCUT2D eigenvalue weighted by Crippen LogP contribution is -2.32. The molecule has 0 aliphatic rings. The monoisotopic (exact) mass is 289 g/mol. The number of benzene rings is 1. The fraction of sp³-hybridized carbons (Fsp3) is 0.200. The summed E-state index contributed by atoms with van der Waals surface area (Å²) in [6.45, 7) is 3.81. The van der Waals surface area contributed by atoms with Crippen LogP contribution in [0.2, 0.25) is 5.02 Å². The Hall–Kier alpha value is -2.07. The molecule has 0 bridgehead atoms. The van der Waals surface area contributed by atoms with Gasteiger partial charge in [-0.25, -0.2) is 4.98 Å². The number of aromatic nitrogens is 1. The highest BCUT2D eigenvalue weighted by Gasteiger charge is 2.13. The van der Waals surface area contributed by atoms with Crippen molar-refractivity contribution in [2.45, 2.75) is 19.9 Å². The molecule has 1 atom stereocenters. The van der Waals surface area contributed by atoms with Crippen LogP contribution in [0.5, 0.6) is 0 Å². The summed E-state index contributed by atoms with van der Waals surface area (Å²) in [5.41, 5.74) is 2.05. The Kier molecular flexibility index (Phi) is 4.58.